The first-order valence-corrected chi connectivity index (χ1v) is 8.51. The lowest BCUT2D eigenvalue weighted by molar-refractivity contribution is -0.117. The van der Waals surface area contributed by atoms with Crippen molar-refractivity contribution >= 4 is 28.2 Å². The number of aryl methyl sites for hydroxylation is 1. The molecule has 0 bridgehead atoms. The Hall–Kier alpha value is -1.44. The van der Waals surface area contributed by atoms with Gasteiger partial charge in [0.2, 0.25) is 5.91 Å². The third kappa shape index (κ3) is 3.16. The van der Waals surface area contributed by atoms with E-state index in [1.165, 1.54) is 16.2 Å². The Kier molecular flexibility index (Phi) is 4.46. The van der Waals surface area contributed by atoms with Gasteiger partial charge in [-0.1, -0.05) is 0 Å². The summed E-state index contributed by atoms with van der Waals surface area (Å²) in [6.45, 7) is 4.12. The zero-order valence-corrected chi connectivity index (χ0v) is 13.7. The van der Waals surface area contributed by atoms with E-state index in [2.05, 4.69) is 22.2 Å². The van der Waals surface area contributed by atoms with Gasteiger partial charge < -0.3 is 16.0 Å². The second kappa shape index (κ2) is 6.36. The van der Waals surface area contributed by atoms with Crippen molar-refractivity contribution in [3.63, 3.8) is 0 Å². The summed E-state index contributed by atoms with van der Waals surface area (Å²) in [6.07, 6.45) is 2.93. The van der Waals surface area contributed by atoms with Crippen LogP contribution < -0.4 is 11.1 Å². The summed E-state index contributed by atoms with van der Waals surface area (Å²) in [7, 11) is 2.09. The summed E-state index contributed by atoms with van der Waals surface area (Å²) < 4.78 is 0. The van der Waals surface area contributed by atoms with E-state index >= 15 is 0 Å². The number of hydrogen-bond acceptors (Lipinski definition) is 5. The van der Waals surface area contributed by atoms with Crippen molar-refractivity contribution in [3.8, 4) is 0 Å². The van der Waals surface area contributed by atoms with E-state index in [1.54, 1.807) is 0 Å². The highest BCUT2D eigenvalue weighted by molar-refractivity contribution is 7.17. The monoisotopic (exact) mass is 322 g/mol. The lowest BCUT2D eigenvalue weighted by Crippen LogP contribution is -2.47. The van der Waals surface area contributed by atoms with E-state index in [1.807, 2.05) is 0 Å². The Morgan fingerprint density at radius 1 is 1.23 bits per heavy atom. The van der Waals surface area contributed by atoms with Crippen molar-refractivity contribution in [1.82, 2.24) is 9.80 Å². The molecule has 1 aliphatic heterocycles. The summed E-state index contributed by atoms with van der Waals surface area (Å²) in [5.41, 5.74) is 7.09. The third-order valence-corrected chi connectivity index (χ3v) is 5.59. The molecule has 2 amide bonds. The number of likely N-dealkylation sites (N-methyl/N-ethyl adjacent to an activating group) is 1. The van der Waals surface area contributed by atoms with Gasteiger partial charge in [0.05, 0.1) is 12.1 Å². The molecule has 6 nitrogen and oxygen atoms in total. The van der Waals surface area contributed by atoms with Gasteiger partial charge in [-0.3, -0.25) is 14.5 Å². The lowest BCUT2D eigenvalue weighted by Gasteiger charge is -2.31. The number of carbonyl (C=O) groups is 2. The molecular weight excluding hydrogens is 300 g/mol. The first-order valence-electron chi connectivity index (χ1n) is 7.69. The van der Waals surface area contributed by atoms with Gasteiger partial charge in [0, 0.05) is 31.1 Å². The van der Waals surface area contributed by atoms with Gasteiger partial charge in [-0.05, 0) is 31.9 Å². The maximum Gasteiger partial charge on any atom is 0.251 e. The van der Waals surface area contributed by atoms with Crippen molar-refractivity contribution in [1.29, 1.82) is 0 Å². The number of thiophene rings is 1. The molecule has 2 heterocycles. The highest BCUT2D eigenvalue weighted by Gasteiger charge is 2.26. The molecule has 1 aromatic rings. The number of nitrogens with two attached hydrogens (primary N) is 1. The van der Waals surface area contributed by atoms with Crippen LogP contribution in [-0.2, 0) is 17.6 Å². The van der Waals surface area contributed by atoms with Crippen LogP contribution >= 0.6 is 11.3 Å². The summed E-state index contributed by atoms with van der Waals surface area (Å²) in [6, 6.07) is 0. The number of piperazine rings is 1. The maximum atomic E-state index is 12.3. The number of anilines is 1. The molecule has 0 unspecified atom stereocenters. The van der Waals surface area contributed by atoms with Crippen LogP contribution in [0.5, 0.6) is 0 Å². The standard InChI is InChI=1S/C15H22N4O2S/c1-18-5-7-19(8-6-18)9-12(20)17-15-13(14(16)21)10-3-2-4-11(10)22-15/h2-9H2,1H3,(H2,16,21)(H,17,20). The van der Waals surface area contributed by atoms with E-state index < -0.39 is 5.91 Å². The summed E-state index contributed by atoms with van der Waals surface area (Å²) in [5.74, 6) is -0.499. The molecule has 1 aromatic heterocycles. The molecule has 1 aliphatic carbocycles. The summed E-state index contributed by atoms with van der Waals surface area (Å²) in [5, 5.41) is 3.54. The fraction of sp³-hybridized carbons (Fsp3) is 0.600. The molecule has 1 fully saturated rings. The quantitative estimate of drug-likeness (QED) is 0.847. The molecule has 120 valence electrons. The second-order valence-corrected chi connectivity index (χ2v) is 7.16. The molecule has 22 heavy (non-hydrogen) atoms. The Morgan fingerprint density at radius 2 is 1.95 bits per heavy atom. The average molecular weight is 322 g/mol. The normalized spacial score (nSPS) is 19.1. The van der Waals surface area contributed by atoms with Crippen molar-refractivity contribution in [3.05, 3.63) is 16.0 Å². The molecule has 3 N–H and O–H groups in total. The minimum Gasteiger partial charge on any atom is -0.365 e. The smallest absolute Gasteiger partial charge is 0.251 e. The van der Waals surface area contributed by atoms with Crippen LogP contribution in [0.3, 0.4) is 0 Å². The van der Waals surface area contributed by atoms with E-state index in [0.29, 0.717) is 17.1 Å². The number of amides is 2. The Balaban J connectivity index is 1.66. The minimum atomic E-state index is -0.436. The minimum absolute atomic E-state index is 0.0630. The number of primary amides is 1. The SMILES string of the molecule is CN1CCN(CC(=O)Nc2sc3c(c2C(N)=O)CCC3)CC1. The topological polar surface area (TPSA) is 78.7 Å². The number of rotatable bonds is 4. The zero-order valence-electron chi connectivity index (χ0n) is 12.9. The second-order valence-electron chi connectivity index (χ2n) is 6.05. The van der Waals surface area contributed by atoms with Crippen molar-refractivity contribution in [2.45, 2.75) is 19.3 Å². The van der Waals surface area contributed by atoms with Crippen LogP contribution in [0, 0.1) is 0 Å². The van der Waals surface area contributed by atoms with Gasteiger partial charge in [0.1, 0.15) is 5.00 Å². The van der Waals surface area contributed by atoms with Gasteiger partial charge in [-0.25, -0.2) is 0 Å². The molecule has 0 aromatic carbocycles. The molecule has 1 saturated heterocycles. The number of nitrogens with one attached hydrogen (secondary N) is 1. The number of nitrogens with zero attached hydrogens (tertiary/aromatic N) is 2. The van der Waals surface area contributed by atoms with Gasteiger partial charge in [-0.2, -0.15) is 0 Å². The van der Waals surface area contributed by atoms with E-state index in [0.717, 1.165) is 51.0 Å². The van der Waals surface area contributed by atoms with Crippen LogP contribution in [-0.4, -0.2) is 61.4 Å². The van der Waals surface area contributed by atoms with E-state index in [9.17, 15) is 9.59 Å². The highest BCUT2D eigenvalue weighted by Crippen LogP contribution is 2.38. The molecule has 3 rings (SSSR count). The van der Waals surface area contributed by atoms with Crippen LogP contribution in [0.15, 0.2) is 0 Å². The lowest BCUT2D eigenvalue weighted by atomic mass is 10.1. The summed E-state index contributed by atoms with van der Waals surface area (Å²) >= 11 is 1.51. The predicted molar refractivity (Wildman–Crippen MR) is 87.4 cm³/mol. The van der Waals surface area contributed by atoms with Crippen LogP contribution in [0.2, 0.25) is 0 Å². The Bertz CT molecular complexity index is 591. The molecule has 0 radical (unpaired) electrons. The van der Waals surface area contributed by atoms with Crippen LogP contribution in [0.4, 0.5) is 5.00 Å². The van der Waals surface area contributed by atoms with Gasteiger partial charge in [0.25, 0.3) is 5.91 Å². The Labute approximate surface area is 134 Å². The predicted octanol–water partition coefficient (Wildman–Crippen LogP) is 0.522. The first kappa shape index (κ1) is 15.5. The summed E-state index contributed by atoms with van der Waals surface area (Å²) in [4.78, 5) is 29.6. The van der Waals surface area contributed by atoms with Crippen molar-refractivity contribution in [2.75, 3.05) is 45.1 Å². The first-order chi connectivity index (χ1) is 10.5. The fourth-order valence-electron chi connectivity index (χ4n) is 3.13. The van der Waals surface area contributed by atoms with E-state index in [4.69, 9.17) is 5.73 Å². The highest BCUT2D eigenvalue weighted by atomic mass is 32.1. The Morgan fingerprint density at radius 3 is 2.64 bits per heavy atom. The van der Waals surface area contributed by atoms with Gasteiger partial charge in [0.15, 0.2) is 0 Å². The average Bonchev–Trinajstić information content (AvgIpc) is 3.01. The van der Waals surface area contributed by atoms with Crippen molar-refractivity contribution < 1.29 is 9.59 Å². The van der Waals surface area contributed by atoms with Crippen LogP contribution in [0.25, 0.3) is 0 Å². The van der Waals surface area contributed by atoms with Crippen LogP contribution in [0.1, 0.15) is 27.2 Å². The molecule has 2 aliphatic rings. The molecule has 7 heteroatoms. The maximum absolute atomic E-state index is 12.3. The third-order valence-electron chi connectivity index (χ3n) is 4.38. The molecule has 0 atom stereocenters. The van der Waals surface area contributed by atoms with E-state index in [-0.39, 0.29) is 5.91 Å². The number of carbonyl (C=O) groups excluding carboxylic acids is 2. The zero-order chi connectivity index (χ0) is 15.7. The number of fused-ring (bicyclic) bond motifs is 1. The molecule has 0 spiro atoms. The molecular formula is C15H22N4O2S. The van der Waals surface area contributed by atoms with Crippen molar-refractivity contribution in [2.24, 2.45) is 5.73 Å². The van der Waals surface area contributed by atoms with Gasteiger partial charge >= 0.3 is 0 Å². The van der Waals surface area contributed by atoms with Gasteiger partial charge in [-0.15, -0.1) is 11.3 Å². The molecule has 0 saturated carbocycles. The fourth-order valence-corrected chi connectivity index (χ4v) is 4.44. The number of hydrogen-bond donors (Lipinski definition) is 2. The largest absolute Gasteiger partial charge is 0.365 e.